The van der Waals surface area contributed by atoms with Crippen LogP contribution in [0.15, 0.2) is 64.6 Å². The first-order chi connectivity index (χ1) is 15.5. The average molecular weight is 445 g/mol. The van der Waals surface area contributed by atoms with E-state index in [1.165, 1.54) is 22.9 Å². The zero-order chi connectivity index (χ0) is 22.5. The van der Waals surface area contributed by atoms with E-state index < -0.39 is 0 Å². The first-order valence-corrected chi connectivity index (χ1v) is 10.8. The van der Waals surface area contributed by atoms with Gasteiger partial charge < -0.3 is 14.3 Å². The fourth-order valence-corrected chi connectivity index (χ4v) is 3.54. The molecule has 32 heavy (non-hydrogen) atoms. The van der Waals surface area contributed by atoms with Gasteiger partial charge in [-0.15, -0.1) is 10.2 Å². The minimum atomic E-state index is -0.113. The molecule has 2 heterocycles. The van der Waals surface area contributed by atoms with E-state index in [1.54, 1.807) is 29.2 Å². The van der Waals surface area contributed by atoms with Crippen molar-refractivity contribution in [3.63, 3.8) is 0 Å². The molecular weight excluding hydrogens is 424 g/mol. The van der Waals surface area contributed by atoms with Crippen molar-refractivity contribution in [3.8, 4) is 23.3 Å². The number of thioether (sulfide) groups is 1. The maximum Gasteiger partial charge on any atom is 0.277 e. The summed E-state index contributed by atoms with van der Waals surface area (Å²) in [7, 11) is 0. The van der Waals surface area contributed by atoms with E-state index in [0.717, 1.165) is 11.3 Å². The van der Waals surface area contributed by atoms with Crippen LogP contribution in [0.5, 0.6) is 0 Å². The minimum absolute atomic E-state index is 0.113. The number of carbonyl (C=O) groups is 1. The fourth-order valence-electron chi connectivity index (χ4n) is 2.95. The standard InChI is InChI=1S/C23H20N6O2S/c1-15-3-4-18(9-16(15)2)11-25-21(30)13-32-23-28-27-22(31-23)20-12-29(14-26-20)19-7-5-17(10-24)6-8-19/h3-9,12,14H,11,13H2,1-2H3,(H,25,30). The Labute approximate surface area is 189 Å². The van der Waals surface area contributed by atoms with E-state index >= 15 is 0 Å². The highest BCUT2D eigenvalue weighted by atomic mass is 32.2. The molecule has 0 aliphatic heterocycles. The van der Waals surface area contributed by atoms with Crippen molar-refractivity contribution in [1.82, 2.24) is 25.1 Å². The Hall–Kier alpha value is -3.90. The summed E-state index contributed by atoms with van der Waals surface area (Å²) in [6.07, 6.45) is 3.40. The number of hydrogen-bond donors (Lipinski definition) is 1. The molecule has 0 saturated heterocycles. The molecule has 2 aromatic heterocycles. The highest BCUT2D eigenvalue weighted by Crippen LogP contribution is 2.23. The number of rotatable bonds is 7. The molecule has 0 aliphatic carbocycles. The van der Waals surface area contributed by atoms with Crippen molar-refractivity contribution in [2.45, 2.75) is 25.6 Å². The van der Waals surface area contributed by atoms with Crippen LogP contribution >= 0.6 is 11.8 Å². The summed E-state index contributed by atoms with van der Waals surface area (Å²) in [4.78, 5) is 16.5. The minimum Gasteiger partial charge on any atom is -0.410 e. The molecule has 0 unspecified atom stereocenters. The van der Waals surface area contributed by atoms with Crippen LogP contribution in [0, 0.1) is 25.2 Å². The molecule has 0 spiro atoms. The number of aromatic nitrogens is 4. The molecule has 1 amide bonds. The van der Waals surface area contributed by atoms with Crippen LogP contribution in [0.1, 0.15) is 22.3 Å². The van der Waals surface area contributed by atoms with E-state index in [1.807, 2.05) is 24.3 Å². The van der Waals surface area contributed by atoms with E-state index in [2.05, 4.69) is 46.5 Å². The lowest BCUT2D eigenvalue weighted by atomic mass is 10.1. The van der Waals surface area contributed by atoms with Crippen molar-refractivity contribution < 1.29 is 9.21 Å². The summed E-state index contributed by atoms with van der Waals surface area (Å²) in [6.45, 7) is 4.59. The summed E-state index contributed by atoms with van der Waals surface area (Å²) in [5.41, 5.74) is 5.45. The molecular formula is C23H20N6O2S. The summed E-state index contributed by atoms with van der Waals surface area (Å²) in [6, 6.07) is 15.4. The third-order valence-corrected chi connectivity index (χ3v) is 5.71. The van der Waals surface area contributed by atoms with Crippen LogP contribution in [-0.2, 0) is 11.3 Å². The molecule has 0 radical (unpaired) electrons. The summed E-state index contributed by atoms with van der Waals surface area (Å²) < 4.78 is 7.44. The van der Waals surface area contributed by atoms with Crippen molar-refractivity contribution in [3.05, 3.63) is 77.2 Å². The second kappa shape index (κ2) is 9.49. The van der Waals surface area contributed by atoms with Crippen molar-refractivity contribution in [1.29, 1.82) is 5.26 Å². The van der Waals surface area contributed by atoms with Crippen LogP contribution in [0.2, 0.25) is 0 Å². The molecule has 4 rings (SSSR count). The number of aryl methyl sites for hydroxylation is 2. The fraction of sp³-hybridized carbons (Fsp3) is 0.174. The number of imidazole rings is 1. The predicted octanol–water partition coefficient (Wildman–Crippen LogP) is 3.82. The van der Waals surface area contributed by atoms with Crippen molar-refractivity contribution in [2.24, 2.45) is 0 Å². The zero-order valence-corrected chi connectivity index (χ0v) is 18.4. The van der Waals surface area contributed by atoms with Gasteiger partial charge in [0, 0.05) is 18.4 Å². The molecule has 160 valence electrons. The number of carbonyl (C=O) groups excluding carboxylic acids is 1. The lowest BCUT2D eigenvalue weighted by Crippen LogP contribution is -2.24. The van der Waals surface area contributed by atoms with Gasteiger partial charge in [-0.05, 0) is 54.8 Å². The maximum absolute atomic E-state index is 12.2. The Morgan fingerprint density at radius 2 is 1.97 bits per heavy atom. The first-order valence-electron chi connectivity index (χ1n) is 9.86. The third kappa shape index (κ3) is 5.04. The van der Waals surface area contributed by atoms with Gasteiger partial charge >= 0.3 is 0 Å². The summed E-state index contributed by atoms with van der Waals surface area (Å²) in [5.74, 6) is 0.333. The summed E-state index contributed by atoms with van der Waals surface area (Å²) >= 11 is 1.17. The highest BCUT2D eigenvalue weighted by molar-refractivity contribution is 7.99. The van der Waals surface area contributed by atoms with Gasteiger partial charge in [-0.2, -0.15) is 5.26 Å². The molecule has 2 aromatic carbocycles. The molecule has 0 atom stereocenters. The second-order valence-electron chi connectivity index (χ2n) is 7.18. The molecule has 0 bridgehead atoms. The van der Waals surface area contributed by atoms with Gasteiger partial charge in [0.15, 0.2) is 0 Å². The van der Waals surface area contributed by atoms with Gasteiger partial charge in [0.2, 0.25) is 5.91 Å². The van der Waals surface area contributed by atoms with Crippen LogP contribution < -0.4 is 5.32 Å². The average Bonchev–Trinajstić information content (AvgIpc) is 3.48. The molecule has 9 heteroatoms. The van der Waals surface area contributed by atoms with Crippen molar-refractivity contribution >= 4 is 17.7 Å². The number of hydrogen-bond acceptors (Lipinski definition) is 7. The van der Waals surface area contributed by atoms with Crippen LogP contribution in [-0.4, -0.2) is 31.4 Å². The largest absolute Gasteiger partial charge is 0.410 e. The molecule has 0 saturated carbocycles. The number of nitriles is 1. The Kier molecular flexibility index (Phi) is 6.33. The molecule has 4 aromatic rings. The topological polar surface area (TPSA) is 110 Å². The van der Waals surface area contributed by atoms with Gasteiger partial charge in [-0.25, -0.2) is 4.98 Å². The second-order valence-corrected chi connectivity index (χ2v) is 8.11. The quantitative estimate of drug-likeness (QED) is 0.432. The van der Waals surface area contributed by atoms with Gasteiger partial charge in [0.05, 0.1) is 17.4 Å². The monoisotopic (exact) mass is 444 g/mol. The number of nitrogens with one attached hydrogen (secondary N) is 1. The SMILES string of the molecule is Cc1ccc(CNC(=O)CSc2nnc(-c3cn(-c4ccc(C#N)cc4)cn3)o2)cc1C. The van der Waals surface area contributed by atoms with Crippen LogP contribution in [0.4, 0.5) is 0 Å². The zero-order valence-electron chi connectivity index (χ0n) is 17.6. The number of benzene rings is 2. The summed E-state index contributed by atoms with van der Waals surface area (Å²) in [5, 5.41) is 20.1. The van der Waals surface area contributed by atoms with Gasteiger partial charge in [0.25, 0.3) is 11.1 Å². The highest BCUT2D eigenvalue weighted by Gasteiger charge is 2.14. The van der Waals surface area contributed by atoms with Crippen LogP contribution in [0.25, 0.3) is 17.3 Å². The van der Waals surface area contributed by atoms with E-state index in [4.69, 9.17) is 9.68 Å². The molecule has 0 fully saturated rings. The van der Waals surface area contributed by atoms with E-state index in [9.17, 15) is 4.79 Å². The Morgan fingerprint density at radius 1 is 1.16 bits per heavy atom. The lowest BCUT2D eigenvalue weighted by Gasteiger charge is -2.06. The Bertz CT molecular complexity index is 1290. The van der Waals surface area contributed by atoms with E-state index in [0.29, 0.717) is 23.0 Å². The van der Waals surface area contributed by atoms with E-state index in [-0.39, 0.29) is 17.6 Å². The molecule has 8 nitrogen and oxygen atoms in total. The number of nitrogens with zero attached hydrogens (tertiary/aromatic N) is 5. The Morgan fingerprint density at radius 3 is 2.72 bits per heavy atom. The van der Waals surface area contributed by atoms with Crippen LogP contribution in [0.3, 0.4) is 0 Å². The molecule has 1 N–H and O–H groups in total. The lowest BCUT2D eigenvalue weighted by molar-refractivity contribution is -0.118. The van der Waals surface area contributed by atoms with Gasteiger partial charge in [0.1, 0.15) is 12.0 Å². The van der Waals surface area contributed by atoms with Crippen molar-refractivity contribution in [2.75, 3.05) is 5.75 Å². The molecule has 0 aliphatic rings. The number of amides is 1. The maximum atomic E-state index is 12.2. The Balaban J connectivity index is 1.32. The van der Waals surface area contributed by atoms with Gasteiger partial charge in [-0.1, -0.05) is 30.0 Å². The normalized spacial score (nSPS) is 10.7. The predicted molar refractivity (Wildman–Crippen MR) is 120 cm³/mol. The first kappa shape index (κ1) is 21.3. The van der Waals surface area contributed by atoms with Gasteiger partial charge in [-0.3, -0.25) is 4.79 Å². The third-order valence-electron chi connectivity index (χ3n) is 4.89. The smallest absolute Gasteiger partial charge is 0.277 e.